The van der Waals surface area contributed by atoms with Gasteiger partial charge in [-0.2, -0.15) is 5.10 Å². The largest absolute Gasteiger partial charge is 0.374 e. The van der Waals surface area contributed by atoms with Crippen molar-refractivity contribution in [3.63, 3.8) is 0 Å². The van der Waals surface area contributed by atoms with E-state index in [0.717, 1.165) is 30.8 Å². The van der Waals surface area contributed by atoms with E-state index < -0.39 is 0 Å². The molecule has 2 aromatic rings. The first-order chi connectivity index (χ1) is 10.8. The molecule has 1 fully saturated rings. The van der Waals surface area contributed by atoms with Crippen molar-refractivity contribution in [1.29, 1.82) is 0 Å². The molecule has 0 aliphatic carbocycles. The standard InChI is InChI=1S/C17H22N4O/c1-14-7-4-5-11-20(14)17(22)13-18-15-8-2-3-9-16(15)21-12-6-10-19-21/h2-3,6,8-10,12,14,18H,4-5,7,11,13H2,1H3. The van der Waals surface area contributed by atoms with Crippen LogP contribution in [0.5, 0.6) is 0 Å². The Labute approximate surface area is 130 Å². The quantitative estimate of drug-likeness (QED) is 0.944. The number of carbonyl (C=O) groups is 1. The lowest BCUT2D eigenvalue weighted by molar-refractivity contribution is -0.132. The highest BCUT2D eigenvalue weighted by Crippen LogP contribution is 2.20. The van der Waals surface area contributed by atoms with Gasteiger partial charge in [-0.3, -0.25) is 4.79 Å². The minimum absolute atomic E-state index is 0.169. The van der Waals surface area contributed by atoms with Gasteiger partial charge in [0.1, 0.15) is 0 Å². The Bertz CT molecular complexity index is 623. The summed E-state index contributed by atoms with van der Waals surface area (Å²) in [6.45, 7) is 3.33. The third kappa shape index (κ3) is 3.13. The number of amides is 1. The second kappa shape index (κ2) is 6.64. The van der Waals surface area contributed by atoms with Crippen molar-refractivity contribution in [3.8, 4) is 5.69 Å². The molecule has 1 aromatic carbocycles. The predicted molar refractivity (Wildman–Crippen MR) is 87.1 cm³/mol. The van der Waals surface area contributed by atoms with E-state index in [-0.39, 0.29) is 5.91 Å². The van der Waals surface area contributed by atoms with Crippen LogP contribution in [-0.2, 0) is 4.79 Å². The number of likely N-dealkylation sites (tertiary alicyclic amines) is 1. The van der Waals surface area contributed by atoms with Crippen LogP contribution in [0, 0.1) is 0 Å². The molecule has 3 rings (SSSR count). The van der Waals surface area contributed by atoms with E-state index in [0.29, 0.717) is 12.6 Å². The van der Waals surface area contributed by atoms with Crippen molar-refractivity contribution in [2.75, 3.05) is 18.4 Å². The molecule has 1 saturated heterocycles. The molecule has 0 saturated carbocycles. The molecule has 2 heterocycles. The minimum Gasteiger partial charge on any atom is -0.374 e. The summed E-state index contributed by atoms with van der Waals surface area (Å²) >= 11 is 0. The van der Waals surface area contributed by atoms with Gasteiger partial charge in [-0.25, -0.2) is 4.68 Å². The number of piperidine rings is 1. The molecule has 1 atom stereocenters. The van der Waals surface area contributed by atoms with Crippen LogP contribution < -0.4 is 5.32 Å². The van der Waals surface area contributed by atoms with E-state index in [4.69, 9.17) is 0 Å². The average molecular weight is 298 g/mol. The van der Waals surface area contributed by atoms with Crippen LogP contribution in [0.2, 0.25) is 0 Å². The number of hydrogen-bond donors (Lipinski definition) is 1. The highest BCUT2D eigenvalue weighted by molar-refractivity contribution is 5.82. The molecule has 0 radical (unpaired) electrons. The molecule has 116 valence electrons. The number of hydrogen-bond acceptors (Lipinski definition) is 3. The number of anilines is 1. The highest BCUT2D eigenvalue weighted by atomic mass is 16.2. The van der Waals surface area contributed by atoms with Gasteiger partial charge in [0.05, 0.1) is 17.9 Å². The molecule has 22 heavy (non-hydrogen) atoms. The number of benzene rings is 1. The molecule has 1 aromatic heterocycles. The van der Waals surface area contributed by atoms with Gasteiger partial charge >= 0.3 is 0 Å². The van der Waals surface area contributed by atoms with Gasteiger partial charge in [0.15, 0.2) is 0 Å². The molecule has 1 unspecified atom stereocenters. The lowest BCUT2D eigenvalue weighted by Gasteiger charge is -2.33. The molecule has 0 bridgehead atoms. The van der Waals surface area contributed by atoms with Crippen molar-refractivity contribution < 1.29 is 4.79 Å². The zero-order valence-electron chi connectivity index (χ0n) is 12.9. The summed E-state index contributed by atoms with van der Waals surface area (Å²) in [6.07, 6.45) is 7.09. The summed E-state index contributed by atoms with van der Waals surface area (Å²) in [5.41, 5.74) is 1.87. The first-order valence-electron chi connectivity index (χ1n) is 7.88. The van der Waals surface area contributed by atoms with Crippen LogP contribution >= 0.6 is 0 Å². The fraction of sp³-hybridized carbons (Fsp3) is 0.412. The van der Waals surface area contributed by atoms with Gasteiger partial charge in [-0.1, -0.05) is 12.1 Å². The Morgan fingerprint density at radius 3 is 2.95 bits per heavy atom. The smallest absolute Gasteiger partial charge is 0.242 e. The van der Waals surface area contributed by atoms with Crippen LogP contribution in [0.15, 0.2) is 42.7 Å². The van der Waals surface area contributed by atoms with E-state index in [1.165, 1.54) is 6.42 Å². The van der Waals surface area contributed by atoms with Crippen LogP contribution in [0.25, 0.3) is 5.69 Å². The summed E-state index contributed by atoms with van der Waals surface area (Å²) in [7, 11) is 0. The van der Waals surface area contributed by atoms with Gasteiger partial charge in [0.25, 0.3) is 0 Å². The monoisotopic (exact) mass is 298 g/mol. The molecule has 5 nitrogen and oxygen atoms in total. The maximum atomic E-state index is 12.4. The maximum Gasteiger partial charge on any atom is 0.242 e. The average Bonchev–Trinajstić information content (AvgIpc) is 3.07. The Balaban J connectivity index is 1.68. The van der Waals surface area contributed by atoms with Crippen LogP contribution in [0.1, 0.15) is 26.2 Å². The summed E-state index contributed by atoms with van der Waals surface area (Å²) in [6, 6.07) is 10.1. The lowest BCUT2D eigenvalue weighted by atomic mass is 10.0. The van der Waals surface area contributed by atoms with Gasteiger partial charge in [0.2, 0.25) is 5.91 Å². The summed E-state index contributed by atoms with van der Waals surface area (Å²) in [4.78, 5) is 14.4. The third-order valence-corrected chi connectivity index (χ3v) is 4.21. The maximum absolute atomic E-state index is 12.4. The Hall–Kier alpha value is -2.30. The minimum atomic E-state index is 0.169. The topological polar surface area (TPSA) is 50.2 Å². The second-order valence-corrected chi connectivity index (χ2v) is 5.75. The lowest BCUT2D eigenvalue weighted by Crippen LogP contribution is -2.44. The first kappa shape index (κ1) is 14.6. The van der Waals surface area contributed by atoms with E-state index in [1.54, 1.807) is 10.9 Å². The predicted octanol–water partition coefficient (Wildman–Crippen LogP) is 2.69. The van der Waals surface area contributed by atoms with Crippen LogP contribution in [-0.4, -0.2) is 39.7 Å². The van der Waals surface area contributed by atoms with Crippen molar-refractivity contribution in [3.05, 3.63) is 42.7 Å². The zero-order chi connectivity index (χ0) is 15.4. The SMILES string of the molecule is CC1CCCCN1C(=O)CNc1ccccc1-n1cccn1. The number of nitrogens with zero attached hydrogens (tertiary/aromatic N) is 3. The van der Waals surface area contributed by atoms with Gasteiger partial charge in [0, 0.05) is 25.0 Å². The normalized spacial score (nSPS) is 18.2. The number of aromatic nitrogens is 2. The molecule has 0 spiro atoms. The van der Waals surface area contributed by atoms with Crippen molar-refractivity contribution in [2.45, 2.75) is 32.2 Å². The molecule has 1 N–H and O–H groups in total. The number of nitrogens with one attached hydrogen (secondary N) is 1. The van der Waals surface area contributed by atoms with Crippen LogP contribution in [0.4, 0.5) is 5.69 Å². The fourth-order valence-electron chi connectivity index (χ4n) is 2.98. The van der Waals surface area contributed by atoms with Gasteiger partial charge in [-0.15, -0.1) is 0 Å². The third-order valence-electron chi connectivity index (χ3n) is 4.21. The summed E-state index contributed by atoms with van der Waals surface area (Å²) < 4.78 is 1.80. The Kier molecular flexibility index (Phi) is 4.42. The molecular formula is C17H22N4O. The molecular weight excluding hydrogens is 276 g/mol. The number of rotatable bonds is 4. The molecule has 1 amide bonds. The Morgan fingerprint density at radius 1 is 1.32 bits per heavy atom. The van der Waals surface area contributed by atoms with E-state index >= 15 is 0 Å². The van der Waals surface area contributed by atoms with Gasteiger partial charge in [-0.05, 0) is 44.4 Å². The summed E-state index contributed by atoms with van der Waals surface area (Å²) in [5.74, 6) is 0.169. The van der Waals surface area contributed by atoms with E-state index in [1.807, 2.05) is 41.4 Å². The summed E-state index contributed by atoms with van der Waals surface area (Å²) in [5, 5.41) is 7.52. The van der Waals surface area contributed by atoms with Crippen molar-refractivity contribution in [1.82, 2.24) is 14.7 Å². The van der Waals surface area contributed by atoms with E-state index in [9.17, 15) is 4.79 Å². The number of para-hydroxylation sites is 2. The van der Waals surface area contributed by atoms with Crippen molar-refractivity contribution >= 4 is 11.6 Å². The fourth-order valence-corrected chi connectivity index (χ4v) is 2.98. The van der Waals surface area contributed by atoms with Crippen molar-refractivity contribution in [2.24, 2.45) is 0 Å². The highest BCUT2D eigenvalue weighted by Gasteiger charge is 2.22. The molecule has 1 aliphatic rings. The second-order valence-electron chi connectivity index (χ2n) is 5.75. The van der Waals surface area contributed by atoms with E-state index in [2.05, 4.69) is 17.3 Å². The zero-order valence-corrected chi connectivity index (χ0v) is 12.9. The Morgan fingerprint density at radius 2 is 2.18 bits per heavy atom. The molecule has 5 heteroatoms. The van der Waals surface area contributed by atoms with Gasteiger partial charge < -0.3 is 10.2 Å². The first-order valence-corrected chi connectivity index (χ1v) is 7.88. The number of carbonyl (C=O) groups excluding carboxylic acids is 1. The molecule has 1 aliphatic heterocycles. The van der Waals surface area contributed by atoms with Crippen LogP contribution in [0.3, 0.4) is 0 Å².